The molecule has 1 rings (SSSR count). The molecule has 5 nitrogen and oxygen atoms in total. The minimum absolute atomic E-state index is 0.0866. The van der Waals surface area contributed by atoms with Crippen molar-refractivity contribution >= 4 is 23.6 Å². The Morgan fingerprint density at radius 1 is 1.19 bits per heavy atom. The molecule has 0 fully saturated rings. The first-order valence-electron chi connectivity index (χ1n) is 6.03. The number of carboxylic acids is 1. The molecule has 21 heavy (non-hydrogen) atoms. The predicted octanol–water partition coefficient (Wildman–Crippen LogP) is 1.59. The van der Waals surface area contributed by atoms with E-state index < -0.39 is 17.6 Å². The SMILES string of the molecule is CN(C)C(=O)CN(C)c1c(F)cc(C=CC(=O)O)cc1F. The third kappa shape index (κ3) is 4.55. The number of hydrogen-bond acceptors (Lipinski definition) is 3. The van der Waals surface area contributed by atoms with Crippen molar-refractivity contribution in [3.8, 4) is 0 Å². The minimum Gasteiger partial charge on any atom is -0.478 e. The molecule has 1 aromatic carbocycles. The lowest BCUT2D eigenvalue weighted by Crippen LogP contribution is -2.35. The van der Waals surface area contributed by atoms with Crippen LogP contribution in [0.25, 0.3) is 6.08 Å². The summed E-state index contributed by atoms with van der Waals surface area (Å²) in [6.07, 6.45) is 1.87. The average Bonchev–Trinajstić information content (AvgIpc) is 2.35. The number of hydrogen-bond donors (Lipinski definition) is 1. The van der Waals surface area contributed by atoms with Gasteiger partial charge in [-0.3, -0.25) is 4.79 Å². The van der Waals surface area contributed by atoms with Gasteiger partial charge in [-0.1, -0.05) is 0 Å². The maximum atomic E-state index is 13.9. The van der Waals surface area contributed by atoms with Crippen LogP contribution in [0.5, 0.6) is 0 Å². The smallest absolute Gasteiger partial charge is 0.328 e. The highest BCUT2D eigenvalue weighted by molar-refractivity contribution is 5.85. The van der Waals surface area contributed by atoms with Crippen molar-refractivity contribution in [1.82, 2.24) is 4.90 Å². The van der Waals surface area contributed by atoms with E-state index in [0.717, 1.165) is 29.2 Å². The zero-order valence-electron chi connectivity index (χ0n) is 11.9. The molecule has 114 valence electrons. The van der Waals surface area contributed by atoms with E-state index in [0.29, 0.717) is 0 Å². The molecular formula is C14H16F2N2O3. The Morgan fingerprint density at radius 3 is 2.14 bits per heavy atom. The second-order valence-corrected chi connectivity index (χ2v) is 4.65. The van der Waals surface area contributed by atoms with E-state index in [2.05, 4.69) is 0 Å². The van der Waals surface area contributed by atoms with Crippen molar-refractivity contribution in [1.29, 1.82) is 0 Å². The molecule has 0 aromatic heterocycles. The molecule has 0 saturated heterocycles. The molecule has 1 amide bonds. The van der Waals surface area contributed by atoms with Gasteiger partial charge >= 0.3 is 5.97 Å². The van der Waals surface area contributed by atoms with Crippen LogP contribution in [0.2, 0.25) is 0 Å². The van der Waals surface area contributed by atoms with Crippen LogP contribution in [0, 0.1) is 11.6 Å². The van der Waals surface area contributed by atoms with Gasteiger partial charge in [-0.25, -0.2) is 13.6 Å². The Bertz CT molecular complexity index is 563. The van der Waals surface area contributed by atoms with Crippen molar-refractivity contribution in [2.75, 3.05) is 32.6 Å². The Kier molecular flexibility index (Phi) is 5.40. The van der Waals surface area contributed by atoms with Crippen LogP contribution in [0.4, 0.5) is 14.5 Å². The van der Waals surface area contributed by atoms with Gasteiger partial charge in [0.15, 0.2) is 0 Å². The van der Waals surface area contributed by atoms with Gasteiger partial charge in [0.25, 0.3) is 0 Å². The molecule has 0 saturated carbocycles. The van der Waals surface area contributed by atoms with Crippen LogP contribution in [0.3, 0.4) is 0 Å². The zero-order valence-corrected chi connectivity index (χ0v) is 11.9. The predicted molar refractivity (Wildman–Crippen MR) is 75.0 cm³/mol. The van der Waals surface area contributed by atoms with Gasteiger partial charge in [-0.05, 0) is 23.8 Å². The van der Waals surface area contributed by atoms with Crippen LogP contribution in [-0.4, -0.2) is 49.6 Å². The van der Waals surface area contributed by atoms with E-state index in [1.54, 1.807) is 14.1 Å². The standard InChI is InChI=1S/C14H16F2N2O3/c1-17(2)12(19)8-18(3)14-10(15)6-9(7-11(14)16)4-5-13(20)21/h4-7H,8H2,1-3H3,(H,20,21). The highest BCUT2D eigenvalue weighted by Gasteiger charge is 2.17. The first-order chi connectivity index (χ1) is 9.72. The lowest BCUT2D eigenvalue weighted by molar-refractivity contribution is -0.131. The molecule has 1 aromatic rings. The molecule has 0 aliphatic rings. The number of likely N-dealkylation sites (N-methyl/N-ethyl adjacent to an activating group) is 2. The van der Waals surface area contributed by atoms with Crippen LogP contribution in [-0.2, 0) is 9.59 Å². The maximum Gasteiger partial charge on any atom is 0.328 e. The summed E-state index contributed by atoms with van der Waals surface area (Å²) in [5.41, 5.74) is -0.249. The normalized spacial score (nSPS) is 10.7. The molecular weight excluding hydrogens is 282 g/mol. The minimum atomic E-state index is -1.21. The number of amides is 1. The molecule has 0 heterocycles. The summed E-state index contributed by atoms with van der Waals surface area (Å²) in [4.78, 5) is 24.4. The molecule has 1 N–H and O–H groups in total. The van der Waals surface area contributed by atoms with Gasteiger partial charge in [0, 0.05) is 27.2 Å². The van der Waals surface area contributed by atoms with Crippen LogP contribution < -0.4 is 4.90 Å². The molecule has 0 atom stereocenters. The number of anilines is 1. The fraction of sp³-hybridized carbons (Fsp3) is 0.286. The number of halogens is 2. The largest absolute Gasteiger partial charge is 0.478 e. The van der Waals surface area contributed by atoms with Crippen molar-refractivity contribution in [2.24, 2.45) is 0 Å². The van der Waals surface area contributed by atoms with E-state index >= 15 is 0 Å². The molecule has 0 radical (unpaired) electrons. The van der Waals surface area contributed by atoms with E-state index in [-0.39, 0.29) is 23.7 Å². The molecule has 0 bridgehead atoms. The topological polar surface area (TPSA) is 60.9 Å². The summed E-state index contributed by atoms with van der Waals surface area (Å²) >= 11 is 0. The molecule has 7 heteroatoms. The van der Waals surface area contributed by atoms with E-state index in [4.69, 9.17) is 5.11 Å². The van der Waals surface area contributed by atoms with Gasteiger partial charge in [-0.15, -0.1) is 0 Å². The molecule has 0 unspecified atom stereocenters. The Morgan fingerprint density at radius 2 is 1.71 bits per heavy atom. The Hall–Kier alpha value is -2.44. The van der Waals surface area contributed by atoms with Crippen molar-refractivity contribution in [3.63, 3.8) is 0 Å². The van der Waals surface area contributed by atoms with Gasteiger partial charge in [-0.2, -0.15) is 0 Å². The second-order valence-electron chi connectivity index (χ2n) is 4.65. The first-order valence-corrected chi connectivity index (χ1v) is 6.03. The second kappa shape index (κ2) is 6.83. The maximum absolute atomic E-state index is 13.9. The van der Waals surface area contributed by atoms with E-state index in [1.165, 1.54) is 11.9 Å². The number of carbonyl (C=O) groups is 2. The molecule has 0 aliphatic heterocycles. The van der Waals surface area contributed by atoms with E-state index in [1.807, 2.05) is 0 Å². The van der Waals surface area contributed by atoms with E-state index in [9.17, 15) is 18.4 Å². The third-order valence-electron chi connectivity index (χ3n) is 2.71. The molecule has 0 aliphatic carbocycles. The highest BCUT2D eigenvalue weighted by atomic mass is 19.1. The summed E-state index contributed by atoms with van der Waals surface area (Å²) < 4.78 is 27.9. The summed E-state index contributed by atoms with van der Waals surface area (Å²) in [6, 6.07) is 2.02. The van der Waals surface area contributed by atoms with Crippen LogP contribution >= 0.6 is 0 Å². The zero-order chi connectivity index (χ0) is 16.2. The summed E-state index contributed by atoms with van der Waals surface area (Å²) in [6.45, 7) is -0.175. The summed E-state index contributed by atoms with van der Waals surface area (Å²) in [5, 5.41) is 8.48. The lowest BCUT2D eigenvalue weighted by Gasteiger charge is -2.22. The van der Waals surface area contributed by atoms with Gasteiger partial charge in [0.1, 0.15) is 17.3 Å². The van der Waals surface area contributed by atoms with Gasteiger partial charge in [0.2, 0.25) is 5.91 Å². The Labute approximate surface area is 121 Å². The first kappa shape index (κ1) is 16.6. The average molecular weight is 298 g/mol. The number of nitrogens with zero attached hydrogens (tertiary/aromatic N) is 2. The number of rotatable bonds is 5. The number of carbonyl (C=O) groups excluding carboxylic acids is 1. The number of aliphatic carboxylic acids is 1. The lowest BCUT2D eigenvalue weighted by atomic mass is 10.1. The highest BCUT2D eigenvalue weighted by Crippen LogP contribution is 2.24. The van der Waals surface area contributed by atoms with Gasteiger partial charge < -0.3 is 14.9 Å². The Balaban J connectivity index is 3.04. The molecule has 0 spiro atoms. The number of carboxylic acid groups (broad SMARTS) is 1. The van der Waals surface area contributed by atoms with Crippen molar-refractivity contribution in [3.05, 3.63) is 35.4 Å². The van der Waals surface area contributed by atoms with Crippen molar-refractivity contribution in [2.45, 2.75) is 0 Å². The summed E-state index contributed by atoms with van der Waals surface area (Å²) in [7, 11) is 4.49. The number of benzene rings is 1. The fourth-order valence-corrected chi connectivity index (χ4v) is 1.64. The van der Waals surface area contributed by atoms with Crippen LogP contribution in [0.1, 0.15) is 5.56 Å². The van der Waals surface area contributed by atoms with Crippen LogP contribution in [0.15, 0.2) is 18.2 Å². The quantitative estimate of drug-likeness (QED) is 0.839. The monoisotopic (exact) mass is 298 g/mol. The van der Waals surface area contributed by atoms with Gasteiger partial charge in [0.05, 0.1) is 6.54 Å². The third-order valence-corrected chi connectivity index (χ3v) is 2.71. The fourth-order valence-electron chi connectivity index (χ4n) is 1.64. The summed E-state index contributed by atoms with van der Waals surface area (Å²) in [5.74, 6) is -3.25. The van der Waals surface area contributed by atoms with Crippen molar-refractivity contribution < 1.29 is 23.5 Å².